The number of ether oxygens (including phenoxy) is 1. The molecule has 112 valence electrons. The summed E-state index contributed by atoms with van der Waals surface area (Å²) in [7, 11) is 0. The molecular weight excluding hydrogens is 272 g/mol. The number of carboxylic acid groups (broad SMARTS) is 1. The lowest BCUT2D eigenvalue weighted by Gasteiger charge is -2.12. The lowest BCUT2D eigenvalue weighted by molar-refractivity contribution is -0.136. The van der Waals surface area contributed by atoms with E-state index in [0.29, 0.717) is 18.9 Å². The molecule has 0 heterocycles. The molecule has 0 amide bonds. The molecule has 0 bridgehead atoms. The Balaban J connectivity index is 2.25. The monoisotopic (exact) mass is 296 g/mol. The van der Waals surface area contributed by atoms with Gasteiger partial charge in [0.15, 0.2) is 0 Å². The van der Waals surface area contributed by atoms with E-state index in [2.05, 4.69) is 13.8 Å². The number of hydrogen-bond acceptors (Lipinski definition) is 3. The second-order valence-corrected chi connectivity index (χ2v) is 6.49. The molecule has 1 aromatic rings. The molecule has 0 aliphatic rings. The highest BCUT2D eigenvalue weighted by atomic mass is 32.2. The average molecular weight is 296 g/mol. The van der Waals surface area contributed by atoms with E-state index in [4.69, 9.17) is 4.74 Å². The molecule has 1 atom stereocenters. The maximum Gasteiger partial charge on any atom is 0.316 e. The van der Waals surface area contributed by atoms with Gasteiger partial charge in [-0.3, -0.25) is 4.79 Å². The van der Waals surface area contributed by atoms with Crippen LogP contribution in [0.25, 0.3) is 0 Å². The standard InChI is InChI=1S/C16H24O3S/c1-13(2)8-9-19-10-11-20-15(16(17)18)12-14-6-4-3-5-7-14/h3-7,13,15H,8-12H2,1-2H3,(H,17,18). The summed E-state index contributed by atoms with van der Waals surface area (Å²) in [5, 5.41) is 8.85. The number of thioether (sulfide) groups is 1. The quantitative estimate of drug-likeness (QED) is 0.672. The average Bonchev–Trinajstić information content (AvgIpc) is 2.42. The van der Waals surface area contributed by atoms with Gasteiger partial charge in [-0.2, -0.15) is 0 Å². The van der Waals surface area contributed by atoms with Gasteiger partial charge in [-0.05, 0) is 24.3 Å². The van der Waals surface area contributed by atoms with Crippen molar-refractivity contribution < 1.29 is 14.6 Å². The predicted octanol–water partition coefficient (Wildman–Crippen LogP) is 3.48. The minimum atomic E-state index is -0.749. The fourth-order valence-electron chi connectivity index (χ4n) is 1.72. The van der Waals surface area contributed by atoms with Crippen LogP contribution in [-0.4, -0.2) is 35.3 Å². The van der Waals surface area contributed by atoms with Crippen LogP contribution >= 0.6 is 11.8 Å². The summed E-state index contributed by atoms with van der Waals surface area (Å²) in [6.07, 6.45) is 1.61. The summed E-state index contributed by atoms with van der Waals surface area (Å²) in [6.45, 7) is 5.71. The van der Waals surface area contributed by atoms with Crippen molar-refractivity contribution in [2.24, 2.45) is 5.92 Å². The van der Waals surface area contributed by atoms with Crippen molar-refractivity contribution in [1.82, 2.24) is 0 Å². The minimum absolute atomic E-state index is 0.397. The Morgan fingerprint density at radius 2 is 1.95 bits per heavy atom. The summed E-state index contributed by atoms with van der Waals surface area (Å²) >= 11 is 1.46. The van der Waals surface area contributed by atoms with Gasteiger partial charge < -0.3 is 9.84 Å². The van der Waals surface area contributed by atoms with Gasteiger partial charge in [-0.1, -0.05) is 44.2 Å². The first kappa shape index (κ1) is 17.1. The van der Waals surface area contributed by atoms with Crippen LogP contribution in [-0.2, 0) is 16.0 Å². The van der Waals surface area contributed by atoms with Crippen LogP contribution in [0.2, 0.25) is 0 Å². The van der Waals surface area contributed by atoms with Crippen LogP contribution in [0.5, 0.6) is 0 Å². The Morgan fingerprint density at radius 1 is 1.25 bits per heavy atom. The van der Waals surface area contributed by atoms with Crippen LogP contribution in [0.15, 0.2) is 30.3 Å². The molecular formula is C16H24O3S. The van der Waals surface area contributed by atoms with Gasteiger partial charge in [-0.15, -0.1) is 11.8 Å². The maximum atomic E-state index is 11.3. The van der Waals surface area contributed by atoms with Crippen LogP contribution in [0.3, 0.4) is 0 Å². The largest absolute Gasteiger partial charge is 0.480 e. The summed E-state index contributed by atoms with van der Waals surface area (Å²) in [5.74, 6) is 0.621. The van der Waals surface area contributed by atoms with Crippen molar-refractivity contribution >= 4 is 17.7 Å². The number of benzene rings is 1. The van der Waals surface area contributed by atoms with Crippen molar-refractivity contribution in [2.45, 2.75) is 31.9 Å². The number of hydrogen-bond donors (Lipinski definition) is 1. The highest BCUT2D eigenvalue weighted by Crippen LogP contribution is 2.17. The van der Waals surface area contributed by atoms with Crippen molar-refractivity contribution in [1.29, 1.82) is 0 Å². The van der Waals surface area contributed by atoms with Gasteiger partial charge in [0.05, 0.1) is 6.61 Å². The Kier molecular flexibility index (Phi) is 8.38. The van der Waals surface area contributed by atoms with E-state index in [1.165, 1.54) is 11.8 Å². The van der Waals surface area contributed by atoms with Gasteiger partial charge in [0.25, 0.3) is 0 Å². The summed E-state index contributed by atoms with van der Waals surface area (Å²) < 4.78 is 5.51. The molecule has 0 fully saturated rings. The van der Waals surface area contributed by atoms with E-state index >= 15 is 0 Å². The van der Waals surface area contributed by atoms with Gasteiger partial charge in [-0.25, -0.2) is 0 Å². The first-order valence-electron chi connectivity index (χ1n) is 7.05. The Labute approximate surface area is 125 Å². The van der Waals surface area contributed by atoms with Crippen molar-refractivity contribution in [2.75, 3.05) is 19.0 Å². The van der Waals surface area contributed by atoms with Crippen molar-refractivity contribution in [3.8, 4) is 0 Å². The number of carbonyl (C=O) groups is 1. The zero-order valence-electron chi connectivity index (χ0n) is 12.2. The molecule has 4 heteroatoms. The van der Waals surface area contributed by atoms with E-state index < -0.39 is 11.2 Å². The molecule has 0 aliphatic heterocycles. The van der Waals surface area contributed by atoms with E-state index in [9.17, 15) is 9.90 Å². The maximum absolute atomic E-state index is 11.3. The van der Waals surface area contributed by atoms with Crippen LogP contribution in [0, 0.1) is 5.92 Å². The van der Waals surface area contributed by atoms with E-state index in [1.54, 1.807) is 0 Å². The molecule has 1 unspecified atom stereocenters. The Bertz CT molecular complexity index is 379. The molecule has 0 aliphatic carbocycles. The molecule has 3 nitrogen and oxygen atoms in total. The van der Waals surface area contributed by atoms with Gasteiger partial charge in [0, 0.05) is 12.4 Å². The van der Waals surface area contributed by atoms with Gasteiger partial charge >= 0.3 is 5.97 Å². The van der Waals surface area contributed by atoms with Crippen molar-refractivity contribution in [3.63, 3.8) is 0 Å². The summed E-state index contributed by atoms with van der Waals surface area (Å²) in [5.41, 5.74) is 1.06. The smallest absolute Gasteiger partial charge is 0.316 e. The highest BCUT2D eigenvalue weighted by molar-refractivity contribution is 8.00. The van der Waals surface area contributed by atoms with Gasteiger partial charge in [0.1, 0.15) is 5.25 Å². The first-order valence-corrected chi connectivity index (χ1v) is 8.10. The molecule has 1 rings (SSSR count). The van der Waals surface area contributed by atoms with Crippen LogP contribution < -0.4 is 0 Å². The SMILES string of the molecule is CC(C)CCOCCSC(Cc1ccccc1)C(=O)O. The molecule has 1 aromatic carbocycles. The van der Waals surface area contributed by atoms with E-state index in [0.717, 1.165) is 24.3 Å². The second kappa shape index (κ2) is 9.83. The van der Waals surface area contributed by atoms with Crippen LogP contribution in [0.1, 0.15) is 25.8 Å². The van der Waals surface area contributed by atoms with Gasteiger partial charge in [0.2, 0.25) is 0 Å². The molecule has 0 radical (unpaired) electrons. The Morgan fingerprint density at radius 3 is 2.55 bits per heavy atom. The highest BCUT2D eigenvalue weighted by Gasteiger charge is 2.18. The minimum Gasteiger partial charge on any atom is -0.480 e. The fourth-order valence-corrected chi connectivity index (χ4v) is 2.67. The summed E-state index contributed by atoms with van der Waals surface area (Å²) in [4.78, 5) is 11.3. The Hall–Kier alpha value is -1.00. The van der Waals surface area contributed by atoms with Crippen LogP contribution in [0.4, 0.5) is 0 Å². The van der Waals surface area contributed by atoms with E-state index in [1.807, 2.05) is 30.3 Å². The third-order valence-electron chi connectivity index (χ3n) is 2.93. The zero-order chi connectivity index (χ0) is 14.8. The zero-order valence-corrected chi connectivity index (χ0v) is 13.1. The normalized spacial score (nSPS) is 12.6. The van der Waals surface area contributed by atoms with Crippen molar-refractivity contribution in [3.05, 3.63) is 35.9 Å². The number of carboxylic acids is 1. The lowest BCUT2D eigenvalue weighted by atomic mass is 10.1. The molecule has 0 saturated carbocycles. The topological polar surface area (TPSA) is 46.5 Å². The third-order valence-corrected chi connectivity index (χ3v) is 4.10. The number of aliphatic carboxylic acids is 1. The second-order valence-electron chi connectivity index (χ2n) is 5.18. The molecule has 0 spiro atoms. The third kappa shape index (κ3) is 7.56. The fraction of sp³-hybridized carbons (Fsp3) is 0.562. The molecule has 0 saturated heterocycles. The predicted molar refractivity (Wildman–Crippen MR) is 84.3 cm³/mol. The lowest BCUT2D eigenvalue weighted by Crippen LogP contribution is -2.20. The molecule has 20 heavy (non-hydrogen) atoms. The van der Waals surface area contributed by atoms with E-state index in [-0.39, 0.29) is 0 Å². The molecule has 0 aromatic heterocycles. The number of rotatable bonds is 10. The molecule has 1 N–H and O–H groups in total. The summed E-state index contributed by atoms with van der Waals surface area (Å²) in [6, 6.07) is 9.75. The first-order chi connectivity index (χ1) is 9.59.